The van der Waals surface area contributed by atoms with Crippen LogP contribution in [0.2, 0.25) is 0 Å². The van der Waals surface area contributed by atoms with E-state index in [-0.39, 0.29) is 11.5 Å². The van der Waals surface area contributed by atoms with Gasteiger partial charge in [-0.1, -0.05) is 45.9 Å². The SMILES string of the molecule is COc1ccc(O)c(C=Nc2ccccc2SSc2ccccc2N=Cc2cc(OC)ccc2O)c1. The molecular weight excluding hydrogens is 492 g/mol. The van der Waals surface area contributed by atoms with Crippen molar-refractivity contribution in [1.29, 1.82) is 0 Å². The van der Waals surface area contributed by atoms with Gasteiger partial charge in [0.15, 0.2) is 0 Å². The molecule has 0 amide bonds. The molecule has 0 spiro atoms. The zero-order valence-corrected chi connectivity index (χ0v) is 21.3. The molecule has 4 aromatic carbocycles. The molecule has 0 fully saturated rings. The standard InChI is InChI=1S/C28H24N2O4S2/c1-33-21-11-13-25(31)19(15-21)17-29-23-7-3-5-9-27(23)35-36-28-10-6-4-8-24(28)30-18-20-16-22(34-2)12-14-26(20)32/h3-18,31-32H,1-2H3. The molecule has 182 valence electrons. The number of hydrogen-bond acceptors (Lipinski definition) is 8. The van der Waals surface area contributed by atoms with Crippen LogP contribution in [0, 0.1) is 0 Å². The zero-order valence-electron chi connectivity index (χ0n) is 19.7. The Labute approximate surface area is 217 Å². The Hall–Kier alpha value is -3.88. The van der Waals surface area contributed by atoms with Gasteiger partial charge in [0.05, 0.1) is 25.6 Å². The second kappa shape index (κ2) is 12.2. The Morgan fingerprint density at radius 1 is 0.611 bits per heavy atom. The van der Waals surface area contributed by atoms with Gasteiger partial charge in [0.2, 0.25) is 0 Å². The Morgan fingerprint density at radius 2 is 1.03 bits per heavy atom. The second-order valence-electron chi connectivity index (χ2n) is 7.47. The van der Waals surface area contributed by atoms with Crippen molar-refractivity contribution in [2.24, 2.45) is 9.98 Å². The summed E-state index contributed by atoms with van der Waals surface area (Å²) in [6, 6.07) is 25.6. The fraction of sp³-hybridized carbons (Fsp3) is 0.0714. The lowest BCUT2D eigenvalue weighted by Crippen LogP contribution is -1.87. The summed E-state index contributed by atoms with van der Waals surface area (Å²) >= 11 is 0. The molecule has 6 nitrogen and oxygen atoms in total. The van der Waals surface area contributed by atoms with Gasteiger partial charge in [0.1, 0.15) is 23.0 Å². The number of rotatable bonds is 9. The van der Waals surface area contributed by atoms with Crippen LogP contribution in [0.15, 0.2) is 105 Å². The zero-order chi connectivity index (χ0) is 25.3. The highest BCUT2D eigenvalue weighted by atomic mass is 33.1. The molecule has 0 saturated carbocycles. The maximum Gasteiger partial charge on any atom is 0.124 e. The predicted molar refractivity (Wildman–Crippen MR) is 148 cm³/mol. The van der Waals surface area contributed by atoms with E-state index >= 15 is 0 Å². The summed E-state index contributed by atoms with van der Waals surface area (Å²) in [5, 5.41) is 20.3. The average molecular weight is 517 g/mol. The normalized spacial score (nSPS) is 11.3. The average Bonchev–Trinajstić information content (AvgIpc) is 2.92. The lowest BCUT2D eigenvalue weighted by atomic mass is 10.2. The Bertz CT molecular complexity index is 1300. The van der Waals surface area contributed by atoms with Crippen LogP contribution in [0.3, 0.4) is 0 Å². The Morgan fingerprint density at radius 3 is 1.44 bits per heavy atom. The van der Waals surface area contributed by atoms with E-state index in [2.05, 4.69) is 9.98 Å². The number of benzene rings is 4. The second-order valence-corrected chi connectivity index (χ2v) is 9.68. The highest BCUT2D eigenvalue weighted by molar-refractivity contribution is 8.76. The molecule has 4 aromatic rings. The van der Waals surface area contributed by atoms with Crippen LogP contribution in [0.25, 0.3) is 0 Å². The first-order valence-electron chi connectivity index (χ1n) is 10.9. The third kappa shape index (κ3) is 6.41. The number of nitrogens with zero attached hydrogens (tertiary/aromatic N) is 2. The molecule has 0 saturated heterocycles. The van der Waals surface area contributed by atoms with Crippen LogP contribution in [-0.4, -0.2) is 36.9 Å². The summed E-state index contributed by atoms with van der Waals surface area (Å²) in [7, 11) is 6.29. The van der Waals surface area contributed by atoms with Gasteiger partial charge in [0.25, 0.3) is 0 Å². The number of phenolic OH excluding ortho intramolecular Hbond substituents is 2. The molecule has 8 heteroatoms. The van der Waals surface area contributed by atoms with Crippen molar-refractivity contribution in [3.05, 3.63) is 96.1 Å². The van der Waals surface area contributed by atoms with E-state index in [9.17, 15) is 10.2 Å². The summed E-state index contributed by atoms with van der Waals surface area (Å²) in [5.74, 6) is 1.56. The van der Waals surface area contributed by atoms with Gasteiger partial charge in [-0.2, -0.15) is 0 Å². The number of aromatic hydroxyl groups is 2. The molecule has 0 aromatic heterocycles. The largest absolute Gasteiger partial charge is 0.507 e. The highest BCUT2D eigenvalue weighted by Crippen LogP contribution is 2.45. The number of para-hydroxylation sites is 2. The first-order valence-corrected chi connectivity index (χ1v) is 13.1. The molecule has 0 unspecified atom stereocenters. The predicted octanol–water partition coefficient (Wildman–Crippen LogP) is 7.42. The molecule has 0 aliphatic heterocycles. The summed E-state index contributed by atoms with van der Waals surface area (Å²) in [6.45, 7) is 0. The number of ether oxygens (including phenoxy) is 2. The third-order valence-electron chi connectivity index (χ3n) is 5.11. The van der Waals surface area contributed by atoms with Crippen LogP contribution >= 0.6 is 21.6 Å². The minimum Gasteiger partial charge on any atom is -0.507 e. The first-order chi connectivity index (χ1) is 17.6. The monoisotopic (exact) mass is 516 g/mol. The molecule has 4 rings (SSSR count). The van der Waals surface area contributed by atoms with Gasteiger partial charge in [-0.05, 0) is 60.7 Å². The lowest BCUT2D eigenvalue weighted by molar-refractivity contribution is 0.412. The van der Waals surface area contributed by atoms with Crippen LogP contribution < -0.4 is 9.47 Å². The molecule has 2 N–H and O–H groups in total. The fourth-order valence-electron chi connectivity index (χ4n) is 3.16. The van der Waals surface area contributed by atoms with Gasteiger partial charge < -0.3 is 19.7 Å². The third-order valence-corrected chi connectivity index (χ3v) is 7.57. The molecule has 0 aliphatic carbocycles. The topological polar surface area (TPSA) is 83.6 Å². The number of methoxy groups -OCH3 is 2. The van der Waals surface area contributed by atoms with Gasteiger partial charge in [-0.25, -0.2) is 0 Å². The van der Waals surface area contributed by atoms with Crippen LogP contribution in [0.1, 0.15) is 11.1 Å². The molecule has 0 radical (unpaired) electrons. The molecular formula is C28H24N2O4S2. The van der Waals surface area contributed by atoms with Crippen molar-refractivity contribution >= 4 is 45.4 Å². The highest BCUT2D eigenvalue weighted by Gasteiger charge is 2.08. The molecule has 36 heavy (non-hydrogen) atoms. The van der Waals surface area contributed by atoms with Crippen LogP contribution in [0.4, 0.5) is 11.4 Å². The van der Waals surface area contributed by atoms with E-state index in [0.717, 1.165) is 21.2 Å². The van der Waals surface area contributed by atoms with Crippen molar-refractivity contribution in [3.63, 3.8) is 0 Å². The van der Waals surface area contributed by atoms with Gasteiger partial charge in [-0.15, -0.1) is 0 Å². The smallest absolute Gasteiger partial charge is 0.124 e. The number of hydrogen-bond donors (Lipinski definition) is 2. The van der Waals surface area contributed by atoms with Gasteiger partial charge in [-0.3, -0.25) is 9.98 Å². The van der Waals surface area contributed by atoms with E-state index < -0.39 is 0 Å². The maximum atomic E-state index is 10.1. The van der Waals surface area contributed by atoms with Gasteiger partial charge >= 0.3 is 0 Å². The summed E-state index contributed by atoms with van der Waals surface area (Å²) < 4.78 is 10.5. The van der Waals surface area contributed by atoms with E-state index in [4.69, 9.17) is 9.47 Å². The van der Waals surface area contributed by atoms with Gasteiger partial charge in [0, 0.05) is 33.3 Å². The molecule has 0 aliphatic rings. The maximum absolute atomic E-state index is 10.1. The van der Waals surface area contributed by atoms with Crippen molar-refractivity contribution in [2.45, 2.75) is 9.79 Å². The van der Waals surface area contributed by atoms with E-state index in [1.807, 2.05) is 48.5 Å². The lowest BCUT2D eigenvalue weighted by Gasteiger charge is -2.08. The Kier molecular flexibility index (Phi) is 8.54. The van der Waals surface area contributed by atoms with Crippen molar-refractivity contribution in [1.82, 2.24) is 0 Å². The molecule has 0 heterocycles. The molecule has 0 atom stereocenters. The van der Waals surface area contributed by atoms with E-state index in [0.29, 0.717) is 22.6 Å². The van der Waals surface area contributed by atoms with Crippen LogP contribution in [0.5, 0.6) is 23.0 Å². The van der Waals surface area contributed by atoms with Crippen LogP contribution in [-0.2, 0) is 0 Å². The van der Waals surface area contributed by atoms with E-state index in [1.165, 1.54) is 0 Å². The number of phenols is 2. The molecule has 0 bridgehead atoms. The van der Waals surface area contributed by atoms with Crippen molar-refractivity contribution < 1.29 is 19.7 Å². The summed E-state index contributed by atoms with van der Waals surface area (Å²) in [6.07, 6.45) is 3.25. The summed E-state index contributed by atoms with van der Waals surface area (Å²) in [4.78, 5) is 11.1. The quantitative estimate of drug-likeness (QED) is 0.178. The number of aliphatic imine (C=N–C) groups is 2. The summed E-state index contributed by atoms with van der Waals surface area (Å²) in [5.41, 5.74) is 2.70. The Balaban J connectivity index is 1.52. The minimum atomic E-state index is 0.132. The first kappa shape index (κ1) is 25.2. The fourth-order valence-corrected chi connectivity index (χ4v) is 5.41. The van der Waals surface area contributed by atoms with Crippen molar-refractivity contribution in [3.8, 4) is 23.0 Å². The van der Waals surface area contributed by atoms with Crippen molar-refractivity contribution in [2.75, 3.05) is 14.2 Å². The van der Waals surface area contributed by atoms with E-state index in [1.54, 1.807) is 84.6 Å². The minimum absolute atomic E-state index is 0.132.